The first-order chi connectivity index (χ1) is 15.9. The van der Waals surface area contributed by atoms with E-state index in [-0.39, 0.29) is 12.5 Å². The molecular formula is C25H35N5O4. The molecule has 184 valence electrons. The number of pyridine rings is 1. The van der Waals surface area contributed by atoms with E-state index in [0.29, 0.717) is 12.5 Å². The van der Waals surface area contributed by atoms with Crippen LogP contribution in [0.3, 0.4) is 0 Å². The number of aromatic nitrogens is 1. The number of carbonyl (C=O) groups is 3. The lowest BCUT2D eigenvalue weighted by atomic mass is 9.94. The van der Waals surface area contributed by atoms with E-state index in [9.17, 15) is 14.4 Å². The number of piperidine rings is 1. The number of benzene rings is 1. The minimum absolute atomic E-state index is 0.167. The normalized spacial score (nSPS) is 19.4. The third-order valence-electron chi connectivity index (χ3n) is 5.71. The summed E-state index contributed by atoms with van der Waals surface area (Å²) in [5.41, 5.74) is 7.73. The lowest BCUT2D eigenvalue weighted by Crippen LogP contribution is -2.56. The van der Waals surface area contributed by atoms with Crippen LogP contribution >= 0.6 is 0 Å². The Hall–Kier alpha value is -3.36. The monoisotopic (exact) mass is 469 g/mol. The number of aryl methyl sites for hydroxylation is 1. The zero-order valence-corrected chi connectivity index (χ0v) is 20.6. The van der Waals surface area contributed by atoms with Crippen LogP contribution in [0.5, 0.6) is 0 Å². The zero-order valence-electron chi connectivity index (χ0n) is 20.6. The number of rotatable bonds is 6. The standard InChI is InChI=1S/C25H35N5O4/c1-15-11-17(28-23(32)19(12-21(26)31)29-24(33)34-25(3,4)5)14-30(13-15)20-9-8-16(2)22-18(20)7-6-10-27-22/h6-10,15,17,19H,11-14H2,1-5H3,(H2,26,31)(H,28,32)(H,29,33)/t15-,17+,19?/m0/s1. The second-order valence-electron chi connectivity index (χ2n) is 10.1. The van der Waals surface area contributed by atoms with Crippen molar-refractivity contribution < 1.29 is 19.1 Å². The van der Waals surface area contributed by atoms with Gasteiger partial charge < -0.3 is 26.0 Å². The smallest absolute Gasteiger partial charge is 0.408 e. The molecule has 2 heterocycles. The van der Waals surface area contributed by atoms with E-state index >= 15 is 0 Å². The van der Waals surface area contributed by atoms with E-state index in [4.69, 9.17) is 10.5 Å². The molecule has 1 aliphatic rings. The highest BCUT2D eigenvalue weighted by molar-refractivity contribution is 5.94. The van der Waals surface area contributed by atoms with Crippen LogP contribution in [0.15, 0.2) is 30.5 Å². The Kier molecular flexibility index (Phi) is 7.64. The van der Waals surface area contributed by atoms with E-state index in [1.54, 1.807) is 27.0 Å². The fourth-order valence-electron chi connectivity index (χ4n) is 4.39. The van der Waals surface area contributed by atoms with Gasteiger partial charge in [-0.3, -0.25) is 14.6 Å². The second kappa shape index (κ2) is 10.3. The van der Waals surface area contributed by atoms with Gasteiger partial charge in [-0.25, -0.2) is 4.79 Å². The summed E-state index contributed by atoms with van der Waals surface area (Å²) in [4.78, 5) is 43.6. The molecule has 0 aliphatic carbocycles. The van der Waals surface area contributed by atoms with Crippen LogP contribution in [0, 0.1) is 12.8 Å². The van der Waals surface area contributed by atoms with Crippen molar-refractivity contribution >= 4 is 34.5 Å². The van der Waals surface area contributed by atoms with Gasteiger partial charge in [-0.2, -0.15) is 0 Å². The molecule has 9 nitrogen and oxygen atoms in total. The molecular weight excluding hydrogens is 434 g/mol. The molecule has 1 aliphatic heterocycles. The third kappa shape index (κ3) is 6.59. The van der Waals surface area contributed by atoms with Crippen LogP contribution < -0.4 is 21.3 Å². The molecule has 0 radical (unpaired) electrons. The van der Waals surface area contributed by atoms with E-state index in [2.05, 4.69) is 45.6 Å². The predicted octanol–water partition coefficient (Wildman–Crippen LogP) is 2.64. The zero-order chi connectivity index (χ0) is 25.0. The third-order valence-corrected chi connectivity index (χ3v) is 5.71. The molecule has 4 N–H and O–H groups in total. The highest BCUT2D eigenvalue weighted by Gasteiger charge is 2.31. The number of anilines is 1. The number of alkyl carbamates (subject to hydrolysis) is 1. The van der Waals surface area contributed by atoms with Crippen LogP contribution in [0.1, 0.15) is 46.1 Å². The highest BCUT2D eigenvalue weighted by atomic mass is 16.6. The van der Waals surface area contributed by atoms with Crippen molar-refractivity contribution in [3.05, 3.63) is 36.0 Å². The Labute approximate surface area is 200 Å². The average molecular weight is 470 g/mol. The number of fused-ring (bicyclic) bond motifs is 1. The summed E-state index contributed by atoms with van der Waals surface area (Å²) in [5.74, 6) is -0.826. The molecule has 0 bridgehead atoms. The summed E-state index contributed by atoms with van der Waals surface area (Å²) in [7, 11) is 0. The van der Waals surface area contributed by atoms with Crippen molar-refractivity contribution in [2.75, 3.05) is 18.0 Å². The Morgan fingerprint density at radius 1 is 1.24 bits per heavy atom. The van der Waals surface area contributed by atoms with E-state index in [1.807, 2.05) is 13.0 Å². The lowest BCUT2D eigenvalue weighted by molar-refractivity contribution is -0.127. The molecule has 3 atom stereocenters. The van der Waals surface area contributed by atoms with Crippen LogP contribution in [0.2, 0.25) is 0 Å². The molecule has 34 heavy (non-hydrogen) atoms. The van der Waals surface area contributed by atoms with Gasteiger partial charge in [0.1, 0.15) is 11.6 Å². The SMILES string of the molecule is Cc1ccc(N2C[C@@H](C)C[C@@H](NC(=O)C(CC(N)=O)NC(=O)OC(C)(C)C)C2)c2cccnc12. The summed E-state index contributed by atoms with van der Waals surface area (Å²) in [6, 6.07) is 6.86. The quantitative estimate of drug-likeness (QED) is 0.597. The number of nitrogens with two attached hydrogens (primary N) is 1. The van der Waals surface area contributed by atoms with E-state index < -0.39 is 29.6 Å². The Balaban J connectivity index is 1.75. The Morgan fingerprint density at radius 3 is 2.65 bits per heavy atom. The van der Waals surface area contributed by atoms with Gasteiger partial charge >= 0.3 is 6.09 Å². The van der Waals surface area contributed by atoms with Gasteiger partial charge in [-0.05, 0) is 63.8 Å². The van der Waals surface area contributed by atoms with Crippen molar-refractivity contribution in [2.45, 2.75) is 65.1 Å². The molecule has 2 aromatic rings. The van der Waals surface area contributed by atoms with Gasteiger partial charge in [-0.15, -0.1) is 0 Å². The summed E-state index contributed by atoms with van der Waals surface area (Å²) < 4.78 is 5.24. The maximum Gasteiger partial charge on any atom is 0.408 e. The number of nitrogens with zero attached hydrogens (tertiary/aromatic N) is 2. The summed E-state index contributed by atoms with van der Waals surface area (Å²) in [6.45, 7) is 10.8. The molecule has 1 aromatic carbocycles. The fourth-order valence-corrected chi connectivity index (χ4v) is 4.39. The summed E-state index contributed by atoms with van der Waals surface area (Å²) >= 11 is 0. The summed E-state index contributed by atoms with van der Waals surface area (Å²) in [6.07, 6.45) is 1.48. The Bertz CT molecular complexity index is 1060. The van der Waals surface area contributed by atoms with Crippen LogP contribution in [-0.2, 0) is 14.3 Å². The number of nitrogens with one attached hydrogen (secondary N) is 2. The maximum atomic E-state index is 13.0. The van der Waals surface area contributed by atoms with Crippen molar-refractivity contribution in [1.82, 2.24) is 15.6 Å². The number of primary amides is 1. The van der Waals surface area contributed by atoms with Crippen LogP contribution in [-0.4, -0.2) is 53.7 Å². The largest absolute Gasteiger partial charge is 0.444 e. The highest BCUT2D eigenvalue weighted by Crippen LogP contribution is 2.31. The maximum absolute atomic E-state index is 13.0. The molecule has 1 fully saturated rings. The van der Waals surface area contributed by atoms with Crippen molar-refractivity contribution in [2.24, 2.45) is 11.7 Å². The van der Waals surface area contributed by atoms with Gasteiger partial charge in [0.2, 0.25) is 11.8 Å². The molecule has 3 rings (SSSR count). The number of ether oxygens (including phenoxy) is 1. The van der Waals surface area contributed by atoms with Crippen LogP contribution in [0.4, 0.5) is 10.5 Å². The van der Waals surface area contributed by atoms with Gasteiger partial charge in [0.25, 0.3) is 0 Å². The predicted molar refractivity (Wildman–Crippen MR) is 131 cm³/mol. The van der Waals surface area contributed by atoms with Gasteiger partial charge in [-0.1, -0.05) is 13.0 Å². The first-order valence-corrected chi connectivity index (χ1v) is 11.6. The molecule has 3 amide bonds. The Morgan fingerprint density at radius 2 is 1.97 bits per heavy atom. The lowest BCUT2D eigenvalue weighted by Gasteiger charge is -2.39. The van der Waals surface area contributed by atoms with Crippen molar-refractivity contribution in [3.8, 4) is 0 Å². The van der Waals surface area contributed by atoms with E-state index in [0.717, 1.165) is 35.1 Å². The molecule has 0 saturated carbocycles. The summed E-state index contributed by atoms with van der Waals surface area (Å²) in [5, 5.41) is 6.56. The number of hydrogen-bond acceptors (Lipinski definition) is 6. The molecule has 1 unspecified atom stereocenters. The molecule has 1 saturated heterocycles. The molecule has 0 spiro atoms. The van der Waals surface area contributed by atoms with Gasteiger partial charge in [0.05, 0.1) is 11.9 Å². The number of hydrogen-bond donors (Lipinski definition) is 3. The minimum Gasteiger partial charge on any atom is -0.444 e. The van der Waals surface area contributed by atoms with Gasteiger partial charge in [0.15, 0.2) is 0 Å². The molecule has 9 heteroatoms. The first-order valence-electron chi connectivity index (χ1n) is 11.6. The number of amides is 3. The number of carbonyl (C=O) groups excluding carboxylic acids is 3. The van der Waals surface area contributed by atoms with E-state index in [1.165, 1.54) is 0 Å². The molecule has 1 aromatic heterocycles. The van der Waals surface area contributed by atoms with Crippen LogP contribution in [0.25, 0.3) is 10.9 Å². The minimum atomic E-state index is -1.11. The topological polar surface area (TPSA) is 127 Å². The van der Waals surface area contributed by atoms with Gasteiger partial charge in [0, 0.05) is 36.4 Å². The first kappa shape index (κ1) is 25.3. The van der Waals surface area contributed by atoms with Crippen molar-refractivity contribution in [1.29, 1.82) is 0 Å². The average Bonchev–Trinajstić information content (AvgIpc) is 2.71. The van der Waals surface area contributed by atoms with Crippen molar-refractivity contribution in [3.63, 3.8) is 0 Å². The second-order valence-corrected chi connectivity index (χ2v) is 10.1. The fraction of sp³-hybridized carbons (Fsp3) is 0.520.